The molecule has 1 fully saturated rings. The van der Waals surface area contributed by atoms with Gasteiger partial charge in [0.15, 0.2) is 0 Å². The van der Waals surface area contributed by atoms with E-state index in [0.717, 1.165) is 36.6 Å². The number of fused-ring (bicyclic) bond motifs is 1. The first-order chi connectivity index (χ1) is 11.0. The maximum atomic E-state index is 12.4. The summed E-state index contributed by atoms with van der Waals surface area (Å²) in [6.07, 6.45) is 5.32. The second-order valence-electron chi connectivity index (χ2n) is 6.21. The van der Waals surface area contributed by atoms with Gasteiger partial charge in [-0.3, -0.25) is 9.59 Å². The molecule has 24 heavy (non-hydrogen) atoms. The van der Waals surface area contributed by atoms with Crippen LogP contribution in [0.15, 0.2) is 30.5 Å². The first-order valence-corrected chi connectivity index (χ1v) is 7.92. The van der Waals surface area contributed by atoms with E-state index >= 15 is 0 Å². The fraction of sp³-hybridized carbons (Fsp3) is 0.412. The van der Waals surface area contributed by atoms with Gasteiger partial charge in [-0.1, -0.05) is 18.9 Å². The number of carbonyl (C=O) groups excluding carboxylic acids is 2. The first-order valence-electron chi connectivity index (χ1n) is 7.92. The number of rotatable bonds is 4. The second-order valence-corrected chi connectivity index (χ2v) is 6.21. The third-order valence-corrected chi connectivity index (χ3v) is 4.57. The zero-order chi connectivity index (χ0) is 16.4. The van der Waals surface area contributed by atoms with Gasteiger partial charge in [-0.25, -0.2) is 0 Å². The zero-order valence-corrected chi connectivity index (χ0v) is 14.5. The standard InChI is InChI=1S/C17H22N4O2.ClH/c1-19-15(22)11-21-9-6-12-4-5-13(10-14(12)21)20-16(23)17(18)7-2-3-8-17;/h4-6,9-10H,2-3,7-8,11,18H2,1H3,(H,19,22)(H,20,23);1H. The monoisotopic (exact) mass is 350 g/mol. The average Bonchev–Trinajstić information content (AvgIpc) is 3.15. The summed E-state index contributed by atoms with van der Waals surface area (Å²) in [5, 5.41) is 6.56. The highest BCUT2D eigenvalue weighted by Crippen LogP contribution is 2.29. The number of hydrogen-bond acceptors (Lipinski definition) is 3. The highest BCUT2D eigenvalue weighted by Gasteiger charge is 2.36. The minimum Gasteiger partial charge on any atom is -0.358 e. The summed E-state index contributed by atoms with van der Waals surface area (Å²) in [6.45, 7) is 0.248. The quantitative estimate of drug-likeness (QED) is 0.788. The number of anilines is 1. The molecule has 0 saturated heterocycles. The van der Waals surface area contributed by atoms with Gasteiger partial charge in [0.25, 0.3) is 0 Å². The minimum absolute atomic E-state index is 0. The van der Waals surface area contributed by atoms with Crippen LogP contribution < -0.4 is 16.4 Å². The molecule has 3 rings (SSSR count). The van der Waals surface area contributed by atoms with E-state index < -0.39 is 5.54 Å². The van der Waals surface area contributed by atoms with E-state index in [4.69, 9.17) is 5.73 Å². The topological polar surface area (TPSA) is 89.2 Å². The van der Waals surface area contributed by atoms with Crippen molar-refractivity contribution in [2.45, 2.75) is 37.8 Å². The minimum atomic E-state index is -0.751. The van der Waals surface area contributed by atoms with Gasteiger partial charge in [-0.15, -0.1) is 12.4 Å². The number of nitrogens with two attached hydrogens (primary N) is 1. The van der Waals surface area contributed by atoms with Crippen LogP contribution in [0.4, 0.5) is 5.69 Å². The van der Waals surface area contributed by atoms with Crippen molar-refractivity contribution in [1.29, 1.82) is 0 Å². The Kier molecular flexibility index (Phi) is 5.51. The van der Waals surface area contributed by atoms with E-state index in [0.29, 0.717) is 5.69 Å². The van der Waals surface area contributed by atoms with Crippen LogP contribution in [0.5, 0.6) is 0 Å². The molecular formula is C17H23ClN4O2. The zero-order valence-electron chi connectivity index (χ0n) is 13.7. The molecule has 130 valence electrons. The molecular weight excluding hydrogens is 328 g/mol. The molecule has 0 radical (unpaired) electrons. The summed E-state index contributed by atoms with van der Waals surface area (Å²) in [5.74, 6) is -0.192. The summed E-state index contributed by atoms with van der Waals surface area (Å²) in [7, 11) is 1.61. The van der Waals surface area contributed by atoms with Crippen molar-refractivity contribution in [1.82, 2.24) is 9.88 Å². The fourth-order valence-corrected chi connectivity index (χ4v) is 3.12. The van der Waals surface area contributed by atoms with Crippen molar-refractivity contribution in [2.75, 3.05) is 12.4 Å². The highest BCUT2D eigenvalue weighted by atomic mass is 35.5. The van der Waals surface area contributed by atoms with Crippen LogP contribution >= 0.6 is 12.4 Å². The molecule has 1 saturated carbocycles. The van der Waals surface area contributed by atoms with E-state index in [-0.39, 0.29) is 30.8 Å². The van der Waals surface area contributed by atoms with Crippen molar-refractivity contribution in [3.63, 3.8) is 0 Å². The van der Waals surface area contributed by atoms with Gasteiger partial charge in [0.1, 0.15) is 6.54 Å². The Morgan fingerprint density at radius 3 is 2.62 bits per heavy atom. The van der Waals surface area contributed by atoms with Gasteiger partial charge in [0, 0.05) is 18.9 Å². The molecule has 0 spiro atoms. The molecule has 7 heteroatoms. The summed E-state index contributed by atoms with van der Waals surface area (Å²) >= 11 is 0. The van der Waals surface area contributed by atoms with Gasteiger partial charge in [0.05, 0.1) is 11.1 Å². The molecule has 2 aromatic rings. The van der Waals surface area contributed by atoms with Crippen LogP contribution in [0.25, 0.3) is 10.9 Å². The SMILES string of the molecule is CNC(=O)Cn1ccc2ccc(NC(=O)C3(N)CCCC3)cc21.Cl. The predicted molar refractivity (Wildman–Crippen MR) is 97.3 cm³/mol. The number of nitrogens with one attached hydrogen (secondary N) is 2. The first kappa shape index (κ1) is 18.3. The second kappa shape index (κ2) is 7.23. The maximum Gasteiger partial charge on any atom is 0.244 e. The van der Waals surface area contributed by atoms with Crippen molar-refractivity contribution in [2.24, 2.45) is 5.73 Å². The Morgan fingerprint density at radius 1 is 1.25 bits per heavy atom. The molecule has 1 heterocycles. The van der Waals surface area contributed by atoms with Gasteiger partial charge < -0.3 is 20.9 Å². The van der Waals surface area contributed by atoms with Gasteiger partial charge in [-0.2, -0.15) is 0 Å². The van der Waals surface area contributed by atoms with Crippen LogP contribution in [0.3, 0.4) is 0 Å². The number of carbonyl (C=O) groups is 2. The van der Waals surface area contributed by atoms with E-state index in [1.807, 2.05) is 35.0 Å². The summed E-state index contributed by atoms with van der Waals surface area (Å²) < 4.78 is 1.86. The lowest BCUT2D eigenvalue weighted by Crippen LogP contribution is -2.48. The van der Waals surface area contributed by atoms with Crippen molar-refractivity contribution < 1.29 is 9.59 Å². The molecule has 0 bridgehead atoms. The number of likely N-dealkylation sites (N-methyl/N-ethyl adjacent to an activating group) is 1. The Morgan fingerprint density at radius 2 is 1.96 bits per heavy atom. The Bertz CT molecular complexity index is 750. The lowest BCUT2D eigenvalue weighted by atomic mass is 9.98. The number of benzene rings is 1. The molecule has 0 unspecified atom stereocenters. The van der Waals surface area contributed by atoms with Gasteiger partial charge in [0.2, 0.25) is 11.8 Å². The van der Waals surface area contributed by atoms with E-state index in [9.17, 15) is 9.59 Å². The van der Waals surface area contributed by atoms with Crippen molar-refractivity contribution in [3.05, 3.63) is 30.5 Å². The highest BCUT2D eigenvalue weighted by molar-refractivity contribution is 5.99. The summed E-state index contributed by atoms with van der Waals surface area (Å²) in [4.78, 5) is 24.0. The fourth-order valence-electron chi connectivity index (χ4n) is 3.12. The smallest absolute Gasteiger partial charge is 0.244 e. The molecule has 1 aliphatic rings. The summed E-state index contributed by atoms with van der Waals surface area (Å²) in [6, 6.07) is 7.63. The lowest BCUT2D eigenvalue weighted by molar-refractivity contribution is -0.121. The largest absolute Gasteiger partial charge is 0.358 e. The van der Waals surface area contributed by atoms with Crippen molar-refractivity contribution in [3.8, 4) is 0 Å². The Balaban J connectivity index is 0.00000208. The van der Waals surface area contributed by atoms with E-state index in [2.05, 4.69) is 10.6 Å². The number of aromatic nitrogens is 1. The lowest BCUT2D eigenvalue weighted by Gasteiger charge is -2.22. The van der Waals surface area contributed by atoms with Gasteiger partial charge >= 0.3 is 0 Å². The molecule has 0 atom stereocenters. The maximum absolute atomic E-state index is 12.4. The van der Waals surface area contributed by atoms with Gasteiger partial charge in [-0.05, 0) is 36.4 Å². The molecule has 0 aliphatic heterocycles. The van der Waals surface area contributed by atoms with Crippen molar-refractivity contribution >= 4 is 40.8 Å². The van der Waals surface area contributed by atoms with E-state index in [1.54, 1.807) is 7.05 Å². The number of halogens is 1. The average molecular weight is 351 g/mol. The third kappa shape index (κ3) is 3.55. The number of nitrogens with zero attached hydrogens (tertiary/aromatic N) is 1. The third-order valence-electron chi connectivity index (χ3n) is 4.57. The molecule has 2 amide bonds. The van der Waals surface area contributed by atoms with Crippen LogP contribution in [-0.4, -0.2) is 29.0 Å². The molecule has 1 aromatic heterocycles. The van der Waals surface area contributed by atoms with Crippen LogP contribution in [0, 0.1) is 0 Å². The van der Waals surface area contributed by atoms with E-state index in [1.165, 1.54) is 0 Å². The number of amides is 2. The Hall–Kier alpha value is -2.05. The van der Waals surface area contributed by atoms with Crippen LogP contribution in [0.1, 0.15) is 25.7 Å². The normalized spacial score (nSPS) is 15.8. The molecule has 1 aromatic carbocycles. The van der Waals surface area contributed by atoms with Crippen LogP contribution in [0.2, 0.25) is 0 Å². The summed E-state index contributed by atoms with van der Waals surface area (Å²) in [5.41, 5.74) is 7.05. The molecule has 6 nitrogen and oxygen atoms in total. The predicted octanol–water partition coefficient (Wildman–Crippen LogP) is 2.02. The number of hydrogen-bond donors (Lipinski definition) is 3. The van der Waals surface area contributed by atoms with Crippen LogP contribution in [-0.2, 0) is 16.1 Å². The molecule has 1 aliphatic carbocycles. The molecule has 4 N–H and O–H groups in total. The Labute approximate surface area is 147 Å².